The Hall–Kier alpha value is -8.40. The van der Waals surface area contributed by atoms with Crippen molar-refractivity contribution in [3.63, 3.8) is 0 Å². The van der Waals surface area contributed by atoms with Crippen LogP contribution < -0.4 is 0 Å². The van der Waals surface area contributed by atoms with Crippen LogP contribution >= 0.6 is 0 Å². The van der Waals surface area contributed by atoms with Gasteiger partial charge in [-0.3, -0.25) is 0 Å². The number of aromatic nitrogens is 2. The van der Waals surface area contributed by atoms with Gasteiger partial charge in [-0.25, -0.2) is 0 Å². The van der Waals surface area contributed by atoms with Crippen LogP contribution in [0.5, 0.6) is 0 Å². The smallest absolute Gasteiger partial charge is 0.137 e. The van der Waals surface area contributed by atoms with E-state index in [1.54, 1.807) is 0 Å². The largest absolute Gasteiger partial charge is 0.456 e. The van der Waals surface area contributed by atoms with Crippen molar-refractivity contribution in [3.05, 3.63) is 231 Å². The minimum absolute atomic E-state index is 0.884. The molecule has 3 heteroatoms. The van der Waals surface area contributed by atoms with Crippen LogP contribution in [0.25, 0.3) is 121 Å². The van der Waals surface area contributed by atoms with Gasteiger partial charge in [-0.1, -0.05) is 164 Å². The van der Waals surface area contributed by atoms with E-state index in [2.05, 4.69) is 234 Å². The highest BCUT2D eigenvalue weighted by atomic mass is 16.3. The third-order valence-corrected chi connectivity index (χ3v) is 12.9. The molecular weight excluding hydrogens is 765 g/mol. The number of para-hydroxylation sites is 2. The second kappa shape index (κ2) is 14.1. The minimum Gasteiger partial charge on any atom is -0.456 e. The van der Waals surface area contributed by atoms with Crippen molar-refractivity contribution < 1.29 is 4.42 Å². The molecule has 0 radical (unpaired) electrons. The predicted octanol–water partition coefficient (Wildman–Crippen LogP) is 16.4. The Morgan fingerprint density at radius 1 is 0.254 bits per heavy atom. The van der Waals surface area contributed by atoms with Crippen LogP contribution in [0.4, 0.5) is 0 Å². The zero-order chi connectivity index (χ0) is 41.4. The lowest BCUT2D eigenvalue weighted by atomic mass is 9.96. The number of rotatable bonds is 6. The molecule has 0 spiro atoms. The van der Waals surface area contributed by atoms with Crippen LogP contribution in [-0.4, -0.2) is 9.13 Å². The highest BCUT2D eigenvalue weighted by Gasteiger charge is 2.22. The third kappa shape index (κ3) is 5.53. The van der Waals surface area contributed by atoms with Gasteiger partial charge in [-0.15, -0.1) is 0 Å². The number of nitrogens with zero attached hydrogens (tertiary/aromatic N) is 2. The molecule has 0 saturated carbocycles. The van der Waals surface area contributed by atoms with E-state index >= 15 is 0 Å². The molecule has 0 aliphatic heterocycles. The number of hydrogen-bond donors (Lipinski definition) is 0. The maximum absolute atomic E-state index is 6.42. The lowest BCUT2D eigenvalue weighted by Gasteiger charge is -2.16. The topological polar surface area (TPSA) is 23.0 Å². The Morgan fingerprint density at radius 2 is 0.778 bits per heavy atom. The summed E-state index contributed by atoms with van der Waals surface area (Å²) < 4.78 is 11.3. The van der Waals surface area contributed by atoms with Crippen LogP contribution in [-0.2, 0) is 0 Å². The summed E-state index contributed by atoms with van der Waals surface area (Å²) in [5.41, 5.74) is 18.3. The summed E-state index contributed by atoms with van der Waals surface area (Å²) in [6.07, 6.45) is 0. The van der Waals surface area contributed by atoms with Gasteiger partial charge in [0.25, 0.3) is 0 Å². The van der Waals surface area contributed by atoms with Crippen LogP contribution in [0.1, 0.15) is 0 Å². The summed E-state index contributed by atoms with van der Waals surface area (Å²) in [5, 5.41) is 7.12. The second-order valence-electron chi connectivity index (χ2n) is 16.4. The number of furan rings is 1. The number of fused-ring (bicyclic) bond motifs is 9. The molecule has 0 atom stereocenters. The lowest BCUT2D eigenvalue weighted by molar-refractivity contribution is 0.669. The molecule has 0 fully saturated rings. The lowest BCUT2D eigenvalue weighted by Crippen LogP contribution is -1.98. The third-order valence-electron chi connectivity index (χ3n) is 12.9. The van der Waals surface area contributed by atoms with Crippen molar-refractivity contribution in [2.45, 2.75) is 0 Å². The van der Waals surface area contributed by atoms with Crippen LogP contribution in [0.3, 0.4) is 0 Å². The van der Waals surface area contributed by atoms with Crippen LogP contribution in [0.15, 0.2) is 235 Å². The first kappa shape index (κ1) is 35.4. The maximum Gasteiger partial charge on any atom is 0.137 e. The zero-order valence-electron chi connectivity index (χ0n) is 34.2. The van der Waals surface area contributed by atoms with Gasteiger partial charge in [0.1, 0.15) is 11.2 Å². The van der Waals surface area contributed by atoms with Crippen molar-refractivity contribution >= 4 is 65.6 Å². The maximum atomic E-state index is 6.42. The number of benzene rings is 10. The average Bonchev–Trinajstić information content (AvgIpc) is 4.02. The molecule has 10 aromatic carbocycles. The molecule has 3 heterocycles. The average molecular weight is 803 g/mol. The fourth-order valence-electron chi connectivity index (χ4n) is 10.1. The van der Waals surface area contributed by atoms with Gasteiger partial charge in [-0.2, -0.15) is 0 Å². The molecule has 0 N–H and O–H groups in total. The SMILES string of the molecule is c1ccc(-c2ccc(-n3c4ccccc4c4cc(-c5ccc6c(c5)c5c(-c7ccccc7)cccc5n6-c5cccc6oc7ccccc7c56)ccc43)c(-c3ccccc3)c2)cc1. The van der Waals surface area contributed by atoms with Gasteiger partial charge in [0.15, 0.2) is 0 Å². The predicted molar refractivity (Wildman–Crippen MR) is 264 cm³/mol. The van der Waals surface area contributed by atoms with Crippen molar-refractivity contribution in [2.75, 3.05) is 0 Å². The number of hydrogen-bond acceptors (Lipinski definition) is 1. The Kier molecular flexibility index (Phi) is 7.91. The van der Waals surface area contributed by atoms with E-state index in [1.807, 2.05) is 6.07 Å². The van der Waals surface area contributed by atoms with Gasteiger partial charge in [-0.05, 0) is 106 Å². The summed E-state index contributed by atoms with van der Waals surface area (Å²) in [4.78, 5) is 0. The quantitative estimate of drug-likeness (QED) is 0.164. The van der Waals surface area contributed by atoms with E-state index in [-0.39, 0.29) is 0 Å². The second-order valence-corrected chi connectivity index (χ2v) is 16.4. The summed E-state index contributed by atoms with van der Waals surface area (Å²) in [6, 6.07) is 83.5. The summed E-state index contributed by atoms with van der Waals surface area (Å²) in [6.45, 7) is 0. The molecule has 13 rings (SSSR count). The first-order valence-corrected chi connectivity index (χ1v) is 21.6. The van der Waals surface area contributed by atoms with Gasteiger partial charge < -0.3 is 13.6 Å². The van der Waals surface area contributed by atoms with Crippen molar-refractivity contribution in [1.29, 1.82) is 0 Å². The first-order chi connectivity index (χ1) is 31.3. The molecule has 0 bridgehead atoms. The molecule has 0 amide bonds. The Bertz CT molecular complexity index is 3890. The van der Waals surface area contributed by atoms with E-state index in [9.17, 15) is 0 Å². The van der Waals surface area contributed by atoms with Gasteiger partial charge in [0.05, 0.1) is 38.8 Å². The molecular formula is C60H38N2O. The molecule has 294 valence electrons. The normalized spacial score (nSPS) is 11.8. The fourth-order valence-corrected chi connectivity index (χ4v) is 10.1. The molecule has 3 aromatic heterocycles. The Balaban J connectivity index is 1.04. The van der Waals surface area contributed by atoms with Crippen molar-refractivity contribution in [3.8, 4) is 55.9 Å². The minimum atomic E-state index is 0.884. The molecule has 13 aromatic rings. The highest BCUT2D eigenvalue weighted by molar-refractivity contribution is 6.19. The van der Waals surface area contributed by atoms with Crippen molar-refractivity contribution in [1.82, 2.24) is 9.13 Å². The first-order valence-electron chi connectivity index (χ1n) is 21.6. The summed E-state index contributed by atoms with van der Waals surface area (Å²) >= 11 is 0. The fraction of sp³-hybridized carbons (Fsp3) is 0. The van der Waals surface area contributed by atoms with Gasteiger partial charge >= 0.3 is 0 Å². The molecule has 0 saturated heterocycles. The molecule has 0 unspecified atom stereocenters. The Morgan fingerprint density at radius 3 is 1.54 bits per heavy atom. The van der Waals surface area contributed by atoms with Gasteiger partial charge in [0, 0.05) is 32.5 Å². The highest BCUT2D eigenvalue weighted by Crippen LogP contribution is 2.44. The van der Waals surface area contributed by atoms with E-state index < -0.39 is 0 Å². The summed E-state index contributed by atoms with van der Waals surface area (Å²) in [7, 11) is 0. The zero-order valence-corrected chi connectivity index (χ0v) is 34.2. The molecule has 0 aliphatic rings. The monoisotopic (exact) mass is 802 g/mol. The van der Waals surface area contributed by atoms with Crippen LogP contribution in [0.2, 0.25) is 0 Å². The standard InChI is InChI=1S/C60H38N2O/c1-4-16-39(17-5-1)42-30-33-52(48(36-42)41-20-8-3-9-21-41)61-51-25-12-10-22-46(51)49-37-43(31-34-53(49)61)44-32-35-54-50(38-44)59-45(40-18-6-2-7-19-40)24-14-26-55(59)62(54)56-27-15-29-58-60(56)47-23-11-13-28-57(47)63-58/h1-38H. The summed E-state index contributed by atoms with van der Waals surface area (Å²) in [5.74, 6) is 0. The molecule has 63 heavy (non-hydrogen) atoms. The van der Waals surface area contributed by atoms with E-state index in [0.717, 1.165) is 44.3 Å². The van der Waals surface area contributed by atoms with E-state index in [0.29, 0.717) is 0 Å². The Labute approximate surface area is 363 Å². The molecule has 3 nitrogen and oxygen atoms in total. The van der Waals surface area contributed by atoms with Crippen molar-refractivity contribution in [2.24, 2.45) is 0 Å². The molecule has 0 aliphatic carbocycles. The van der Waals surface area contributed by atoms with E-state index in [1.165, 1.54) is 77.1 Å². The van der Waals surface area contributed by atoms with Gasteiger partial charge in [0.2, 0.25) is 0 Å². The van der Waals surface area contributed by atoms with Crippen LogP contribution in [0, 0.1) is 0 Å². The van der Waals surface area contributed by atoms with E-state index in [4.69, 9.17) is 4.42 Å².